The summed E-state index contributed by atoms with van der Waals surface area (Å²) >= 11 is 0. The number of rotatable bonds is 4. The molecular weight excluding hydrogens is 188 g/mol. The van der Waals surface area contributed by atoms with Crippen LogP contribution < -0.4 is 0 Å². The SMILES string of the molecule is CCCC/C=C1\CCC/C(=C\C(=O)O)C1. The summed E-state index contributed by atoms with van der Waals surface area (Å²) in [7, 11) is 0. The minimum atomic E-state index is -0.806. The van der Waals surface area contributed by atoms with Crippen LogP contribution in [-0.4, -0.2) is 11.1 Å². The van der Waals surface area contributed by atoms with Crippen molar-refractivity contribution in [2.75, 3.05) is 0 Å². The van der Waals surface area contributed by atoms with Gasteiger partial charge in [-0.2, -0.15) is 0 Å². The molecule has 84 valence electrons. The normalized spacial score (nSPS) is 22.2. The lowest BCUT2D eigenvalue weighted by atomic mass is 9.89. The molecule has 2 heteroatoms. The third-order valence-corrected chi connectivity index (χ3v) is 2.77. The van der Waals surface area contributed by atoms with Gasteiger partial charge in [0.05, 0.1) is 0 Å². The summed E-state index contributed by atoms with van der Waals surface area (Å²) in [4.78, 5) is 10.5. The molecule has 1 rings (SSSR count). The molecule has 0 bridgehead atoms. The second-order valence-corrected chi connectivity index (χ2v) is 4.18. The summed E-state index contributed by atoms with van der Waals surface area (Å²) in [6.07, 6.45) is 11.4. The van der Waals surface area contributed by atoms with Gasteiger partial charge in [-0.05, 0) is 32.1 Å². The number of carbonyl (C=O) groups is 1. The average Bonchev–Trinajstić information content (AvgIpc) is 2.18. The van der Waals surface area contributed by atoms with E-state index >= 15 is 0 Å². The van der Waals surface area contributed by atoms with Gasteiger partial charge in [0.25, 0.3) is 0 Å². The Morgan fingerprint density at radius 2 is 2.13 bits per heavy atom. The number of hydrogen-bond donors (Lipinski definition) is 1. The van der Waals surface area contributed by atoms with Crippen molar-refractivity contribution in [3.8, 4) is 0 Å². The molecule has 0 amide bonds. The Labute approximate surface area is 91.7 Å². The third kappa shape index (κ3) is 4.82. The average molecular weight is 208 g/mol. The summed E-state index contributed by atoms with van der Waals surface area (Å²) in [6, 6.07) is 0. The fourth-order valence-electron chi connectivity index (χ4n) is 1.99. The van der Waals surface area contributed by atoms with Crippen molar-refractivity contribution < 1.29 is 9.90 Å². The minimum absolute atomic E-state index is 0.806. The van der Waals surface area contributed by atoms with Crippen molar-refractivity contribution in [2.45, 2.75) is 51.9 Å². The Hall–Kier alpha value is -1.05. The van der Waals surface area contributed by atoms with Crippen molar-refractivity contribution in [3.63, 3.8) is 0 Å². The van der Waals surface area contributed by atoms with E-state index in [4.69, 9.17) is 5.11 Å². The predicted molar refractivity (Wildman–Crippen MR) is 61.8 cm³/mol. The lowest BCUT2D eigenvalue weighted by molar-refractivity contribution is -0.131. The summed E-state index contributed by atoms with van der Waals surface area (Å²) in [6.45, 7) is 2.19. The molecule has 0 aromatic carbocycles. The van der Waals surface area contributed by atoms with E-state index in [-0.39, 0.29) is 0 Å². The molecule has 0 unspecified atom stereocenters. The van der Waals surface area contributed by atoms with Crippen LogP contribution in [0.1, 0.15) is 51.9 Å². The van der Waals surface area contributed by atoms with E-state index in [0.29, 0.717) is 0 Å². The quantitative estimate of drug-likeness (QED) is 0.434. The number of allylic oxidation sites excluding steroid dienone is 3. The number of aliphatic carboxylic acids is 1. The number of carboxylic acid groups (broad SMARTS) is 1. The van der Waals surface area contributed by atoms with Gasteiger partial charge in [-0.3, -0.25) is 0 Å². The van der Waals surface area contributed by atoms with Crippen molar-refractivity contribution in [3.05, 3.63) is 23.3 Å². The Morgan fingerprint density at radius 1 is 1.40 bits per heavy atom. The van der Waals surface area contributed by atoms with E-state index in [2.05, 4.69) is 13.0 Å². The highest BCUT2D eigenvalue weighted by Crippen LogP contribution is 2.28. The van der Waals surface area contributed by atoms with Crippen LogP contribution in [0.4, 0.5) is 0 Å². The zero-order chi connectivity index (χ0) is 11.1. The highest BCUT2D eigenvalue weighted by Gasteiger charge is 2.10. The molecule has 1 aliphatic rings. The standard InChI is InChI=1S/C13H20O2/c1-2-3-4-6-11-7-5-8-12(9-11)10-13(14)15/h6,10H,2-5,7-9H2,1H3,(H,14,15)/b11-6+,12-10+. The van der Waals surface area contributed by atoms with Crippen LogP contribution in [0.5, 0.6) is 0 Å². The molecule has 0 heterocycles. The van der Waals surface area contributed by atoms with E-state index in [1.54, 1.807) is 0 Å². The molecule has 0 aliphatic heterocycles. The van der Waals surface area contributed by atoms with Crippen LogP contribution in [0.2, 0.25) is 0 Å². The maximum absolute atomic E-state index is 10.5. The maximum atomic E-state index is 10.5. The van der Waals surface area contributed by atoms with Gasteiger partial charge in [-0.1, -0.05) is 37.0 Å². The minimum Gasteiger partial charge on any atom is -0.478 e. The van der Waals surface area contributed by atoms with Gasteiger partial charge >= 0.3 is 5.97 Å². The fourth-order valence-corrected chi connectivity index (χ4v) is 1.99. The largest absolute Gasteiger partial charge is 0.478 e. The van der Waals surface area contributed by atoms with E-state index in [9.17, 15) is 4.79 Å². The van der Waals surface area contributed by atoms with Crippen molar-refractivity contribution in [2.24, 2.45) is 0 Å². The van der Waals surface area contributed by atoms with Crippen LogP contribution in [0.3, 0.4) is 0 Å². The maximum Gasteiger partial charge on any atom is 0.328 e. The first-order chi connectivity index (χ1) is 7.22. The zero-order valence-corrected chi connectivity index (χ0v) is 9.46. The van der Waals surface area contributed by atoms with Crippen molar-refractivity contribution >= 4 is 5.97 Å². The van der Waals surface area contributed by atoms with Crippen LogP contribution in [0, 0.1) is 0 Å². The number of carboxylic acids is 1. The van der Waals surface area contributed by atoms with Gasteiger partial charge < -0.3 is 5.11 Å². The molecule has 15 heavy (non-hydrogen) atoms. The third-order valence-electron chi connectivity index (χ3n) is 2.77. The second kappa shape index (κ2) is 6.44. The molecule has 1 fully saturated rings. The van der Waals surface area contributed by atoms with Gasteiger partial charge in [0.2, 0.25) is 0 Å². The molecule has 0 radical (unpaired) electrons. The molecular formula is C13H20O2. The summed E-state index contributed by atoms with van der Waals surface area (Å²) in [5.74, 6) is -0.806. The molecule has 1 aliphatic carbocycles. The number of unbranched alkanes of at least 4 members (excludes halogenated alkanes) is 2. The molecule has 0 spiro atoms. The van der Waals surface area contributed by atoms with Crippen LogP contribution in [-0.2, 0) is 4.79 Å². The van der Waals surface area contributed by atoms with Crippen LogP contribution in [0.25, 0.3) is 0 Å². The lowest BCUT2D eigenvalue weighted by Gasteiger charge is -2.17. The molecule has 0 atom stereocenters. The molecule has 0 aromatic rings. The van der Waals surface area contributed by atoms with Gasteiger partial charge in [-0.15, -0.1) is 0 Å². The summed E-state index contributed by atoms with van der Waals surface area (Å²) in [5, 5.41) is 8.67. The fraction of sp³-hybridized carbons (Fsp3) is 0.615. The topological polar surface area (TPSA) is 37.3 Å². The highest BCUT2D eigenvalue weighted by atomic mass is 16.4. The Kier molecular flexibility index (Phi) is 5.16. The lowest BCUT2D eigenvalue weighted by Crippen LogP contribution is -2.01. The van der Waals surface area contributed by atoms with E-state index in [1.807, 2.05) is 0 Å². The number of hydrogen-bond acceptors (Lipinski definition) is 1. The predicted octanol–water partition coefficient (Wildman–Crippen LogP) is 3.69. The smallest absolute Gasteiger partial charge is 0.328 e. The van der Waals surface area contributed by atoms with Crippen molar-refractivity contribution in [1.82, 2.24) is 0 Å². The van der Waals surface area contributed by atoms with Gasteiger partial charge in [0.15, 0.2) is 0 Å². The highest BCUT2D eigenvalue weighted by molar-refractivity contribution is 5.80. The second-order valence-electron chi connectivity index (χ2n) is 4.18. The first kappa shape index (κ1) is 12.0. The zero-order valence-electron chi connectivity index (χ0n) is 9.46. The van der Waals surface area contributed by atoms with Gasteiger partial charge in [0.1, 0.15) is 0 Å². The first-order valence-corrected chi connectivity index (χ1v) is 5.82. The summed E-state index contributed by atoms with van der Waals surface area (Å²) in [5.41, 5.74) is 2.51. The molecule has 0 saturated heterocycles. The molecule has 0 aromatic heterocycles. The molecule has 2 nitrogen and oxygen atoms in total. The first-order valence-electron chi connectivity index (χ1n) is 5.82. The monoisotopic (exact) mass is 208 g/mol. The molecule has 1 saturated carbocycles. The van der Waals surface area contributed by atoms with Crippen molar-refractivity contribution in [1.29, 1.82) is 0 Å². The summed E-state index contributed by atoms with van der Waals surface area (Å²) < 4.78 is 0. The Morgan fingerprint density at radius 3 is 2.80 bits per heavy atom. The Bertz CT molecular complexity index is 274. The van der Waals surface area contributed by atoms with Gasteiger partial charge in [-0.25, -0.2) is 4.79 Å². The van der Waals surface area contributed by atoms with Crippen LogP contribution >= 0.6 is 0 Å². The van der Waals surface area contributed by atoms with E-state index < -0.39 is 5.97 Å². The molecule has 1 N–H and O–H groups in total. The van der Waals surface area contributed by atoms with E-state index in [1.165, 1.54) is 24.5 Å². The Balaban J connectivity index is 2.48. The van der Waals surface area contributed by atoms with E-state index in [0.717, 1.165) is 37.7 Å². The van der Waals surface area contributed by atoms with Gasteiger partial charge in [0, 0.05) is 6.08 Å². The van der Waals surface area contributed by atoms with Crippen LogP contribution in [0.15, 0.2) is 23.3 Å².